The number of likely N-dealkylation sites (tertiary alicyclic amines) is 1. The Morgan fingerprint density at radius 3 is 2.74 bits per heavy atom. The zero-order chi connectivity index (χ0) is 18.9. The first-order valence-electron chi connectivity index (χ1n) is 9.21. The number of ether oxygens (including phenoxy) is 1. The van der Waals surface area contributed by atoms with Crippen LogP contribution in [-0.4, -0.2) is 47.4 Å². The third-order valence-corrected chi connectivity index (χ3v) is 5.62. The van der Waals surface area contributed by atoms with Gasteiger partial charge in [0.2, 0.25) is 5.89 Å². The van der Waals surface area contributed by atoms with Gasteiger partial charge in [-0.2, -0.15) is 4.98 Å². The molecule has 2 fully saturated rings. The number of hydrogen-bond acceptors (Lipinski definition) is 5. The minimum Gasteiger partial charge on any atom is -0.381 e. The molecular formula is C19H23FN4O3. The van der Waals surface area contributed by atoms with Gasteiger partial charge in [0.1, 0.15) is 5.82 Å². The van der Waals surface area contributed by atoms with Gasteiger partial charge in [-0.25, -0.2) is 9.18 Å². The molecule has 8 heteroatoms. The van der Waals surface area contributed by atoms with Crippen molar-refractivity contribution in [2.75, 3.05) is 26.3 Å². The fraction of sp³-hybridized carbons (Fsp3) is 0.526. The van der Waals surface area contributed by atoms with Crippen molar-refractivity contribution >= 4 is 6.03 Å². The number of carbonyl (C=O) groups excluding carboxylic acids is 1. The highest BCUT2D eigenvalue weighted by Crippen LogP contribution is 2.49. The van der Waals surface area contributed by atoms with Crippen LogP contribution in [0, 0.1) is 18.2 Å². The molecule has 7 nitrogen and oxygen atoms in total. The summed E-state index contributed by atoms with van der Waals surface area (Å²) in [6.07, 6.45) is 1.72. The molecule has 0 unspecified atom stereocenters. The van der Waals surface area contributed by atoms with Gasteiger partial charge in [0.15, 0.2) is 5.82 Å². The van der Waals surface area contributed by atoms with Gasteiger partial charge >= 0.3 is 6.03 Å². The lowest BCUT2D eigenvalue weighted by Crippen LogP contribution is -2.41. The summed E-state index contributed by atoms with van der Waals surface area (Å²) in [7, 11) is 0. The van der Waals surface area contributed by atoms with E-state index in [1.54, 1.807) is 19.1 Å². The van der Waals surface area contributed by atoms with Crippen LogP contribution in [0.4, 0.5) is 9.18 Å². The summed E-state index contributed by atoms with van der Waals surface area (Å²) >= 11 is 0. The lowest BCUT2D eigenvalue weighted by molar-refractivity contribution is 0.00942. The molecule has 1 spiro atoms. The Labute approximate surface area is 156 Å². The maximum Gasteiger partial charge on any atom is 0.317 e. The highest BCUT2D eigenvalue weighted by molar-refractivity contribution is 5.74. The highest BCUT2D eigenvalue weighted by atomic mass is 19.1. The summed E-state index contributed by atoms with van der Waals surface area (Å²) in [5, 5.41) is 6.85. The maximum absolute atomic E-state index is 13.0. The van der Waals surface area contributed by atoms with E-state index in [0.717, 1.165) is 18.4 Å². The molecule has 2 aliphatic rings. The standard InChI is InChI=1S/C19H23FN4O3/c1-13-22-17(27-23-13)16-11-24(12-19(16)6-8-26-9-7-19)18(25)21-10-14-2-4-15(20)5-3-14/h2-5,16H,6-12H2,1H3,(H,21,25)/t16-/m1/s1. The lowest BCUT2D eigenvalue weighted by atomic mass is 9.72. The molecule has 2 amide bonds. The minimum atomic E-state index is -0.288. The number of nitrogens with one attached hydrogen (secondary N) is 1. The topological polar surface area (TPSA) is 80.5 Å². The summed E-state index contributed by atoms with van der Waals surface area (Å²) in [5.41, 5.74) is 0.763. The molecule has 1 aromatic carbocycles. The van der Waals surface area contributed by atoms with Crippen LogP contribution in [0.2, 0.25) is 0 Å². The summed E-state index contributed by atoms with van der Waals surface area (Å²) in [6.45, 7) is 4.68. The van der Waals surface area contributed by atoms with Crippen LogP contribution in [0.3, 0.4) is 0 Å². The molecule has 4 rings (SSSR count). The number of halogens is 1. The minimum absolute atomic E-state index is 0.0131. The van der Waals surface area contributed by atoms with E-state index in [1.165, 1.54) is 12.1 Å². The SMILES string of the molecule is Cc1noc([C@H]2CN(C(=O)NCc3ccc(F)cc3)CC23CCOCC3)n1. The van der Waals surface area contributed by atoms with E-state index in [4.69, 9.17) is 9.26 Å². The van der Waals surface area contributed by atoms with E-state index in [9.17, 15) is 9.18 Å². The van der Waals surface area contributed by atoms with Crippen molar-refractivity contribution in [3.8, 4) is 0 Å². The average Bonchev–Trinajstić information content (AvgIpc) is 3.25. The van der Waals surface area contributed by atoms with Gasteiger partial charge in [-0.3, -0.25) is 0 Å². The van der Waals surface area contributed by atoms with Crippen LogP contribution in [-0.2, 0) is 11.3 Å². The Hall–Kier alpha value is -2.48. The van der Waals surface area contributed by atoms with Gasteiger partial charge in [0.25, 0.3) is 0 Å². The second kappa shape index (κ2) is 7.26. The van der Waals surface area contributed by atoms with E-state index in [-0.39, 0.29) is 23.2 Å². The second-order valence-electron chi connectivity index (χ2n) is 7.37. The molecule has 0 radical (unpaired) electrons. The molecule has 27 heavy (non-hydrogen) atoms. The van der Waals surface area contributed by atoms with Gasteiger partial charge in [-0.1, -0.05) is 17.3 Å². The van der Waals surface area contributed by atoms with E-state index >= 15 is 0 Å². The van der Waals surface area contributed by atoms with Gasteiger partial charge in [0.05, 0.1) is 5.92 Å². The fourth-order valence-electron chi connectivity index (χ4n) is 4.09. The number of nitrogens with zero attached hydrogens (tertiary/aromatic N) is 3. The molecule has 0 aliphatic carbocycles. The van der Waals surface area contributed by atoms with E-state index in [1.807, 2.05) is 4.90 Å². The Kier molecular flexibility index (Phi) is 4.82. The predicted octanol–water partition coefficient (Wildman–Crippen LogP) is 2.62. The number of rotatable bonds is 3. The molecule has 2 aliphatic heterocycles. The third-order valence-electron chi connectivity index (χ3n) is 5.62. The first kappa shape index (κ1) is 17.9. The molecule has 1 aromatic heterocycles. The number of aromatic nitrogens is 2. The van der Waals surface area contributed by atoms with Crippen molar-refractivity contribution in [1.82, 2.24) is 20.4 Å². The van der Waals surface area contributed by atoms with Gasteiger partial charge in [0, 0.05) is 38.3 Å². The fourth-order valence-corrected chi connectivity index (χ4v) is 4.09. The second-order valence-corrected chi connectivity index (χ2v) is 7.37. The Morgan fingerprint density at radius 2 is 2.07 bits per heavy atom. The number of benzene rings is 1. The molecule has 0 bridgehead atoms. The maximum atomic E-state index is 13.0. The van der Waals surface area contributed by atoms with Gasteiger partial charge < -0.3 is 19.5 Å². The average molecular weight is 374 g/mol. The Balaban J connectivity index is 1.46. The highest BCUT2D eigenvalue weighted by Gasteiger charge is 2.51. The van der Waals surface area contributed by atoms with Crippen molar-refractivity contribution in [2.24, 2.45) is 5.41 Å². The number of urea groups is 1. The molecule has 1 atom stereocenters. The van der Waals surface area contributed by atoms with Crippen LogP contribution in [0.5, 0.6) is 0 Å². The third kappa shape index (κ3) is 3.66. The number of aryl methyl sites for hydroxylation is 1. The van der Waals surface area contributed by atoms with E-state index < -0.39 is 0 Å². The van der Waals surface area contributed by atoms with Crippen molar-refractivity contribution in [1.29, 1.82) is 0 Å². The molecular weight excluding hydrogens is 351 g/mol. The zero-order valence-electron chi connectivity index (χ0n) is 15.3. The first-order valence-corrected chi connectivity index (χ1v) is 9.21. The molecule has 1 N–H and O–H groups in total. The van der Waals surface area contributed by atoms with Crippen molar-refractivity contribution in [3.63, 3.8) is 0 Å². The molecule has 3 heterocycles. The number of hydrogen-bond donors (Lipinski definition) is 1. The Morgan fingerprint density at radius 1 is 1.33 bits per heavy atom. The van der Waals surface area contributed by atoms with Gasteiger partial charge in [-0.05, 0) is 37.5 Å². The summed E-state index contributed by atoms with van der Waals surface area (Å²) in [6, 6.07) is 5.99. The van der Waals surface area contributed by atoms with E-state index in [2.05, 4.69) is 15.5 Å². The quantitative estimate of drug-likeness (QED) is 0.893. The monoisotopic (exact) mass is 374 g/mol. The number of amides is 2. The van der Waals surface area contributed by atoms with Crippen molar-refractivity contribution < 1.29 is 18.4 Å². The van der Waals surface area contributed by atoms with Crippen LogP contribution in [0.1, 0.15) is 36.0 Å². The molecule has 2 aromatic rings. The van der Waals surface area contributed by atoms with Crippen LogP contribution < -0.4 is 5.32 Å². The number of carbonyl (C=O) groups is 1. The molecule has 144 valence electrons. The molecule has 0 saturated carbocycles. The van der Waals surface area contributed by atoms with Gasteiger partial charge in [-0.15, -0.1) is 0 Å². The summed E-state index contributed by atoms with van der Waals surface area (Å²) in [5.74, 6) is 0.928. The zero-order valence-corrected chi connectivity index (χ0v) is 15.3. The smallest absolute Gasteiger partial charge is 0.317 e. The summed E-state index contributed by atoms with van der Waals surface area (Å²) < 4.78 is 24.0. The van der Waals surface area contributed by atoms with Crippen molar-refractivity contribution in [2.45, 2.75) is 32.2 Å². The van der Waals surface area contributed by atoms with Crippen LogP contribution in [0.25, 0.3) is 0 Å². The Bertz CT molecular complexity index is 802. The summed E-state index contributed by atoms with van der Waals surface area (Å²) in [4.78, 5) is 19.0. The van der Waals surface area contributed by atoms with Crippen molar-refractivity contribution in [3.05, 3.63) is 47.4 Å². The predicted molar refractivity (Wildman–Crippen MR) is 94.5 cm³/mol. The lowest BCUT2D eigenvalue weighted by Gasteiger charge is -2.36. The van der Waals surface area contributed by atoms with Crippen LogP contribution >= 0.6 is 0 Å². The normalized spacial score (nSPS) is 21.6. The van der Waals surface area contributed by atoms with Crippen LogP contribution in [0.15, 0.2) is 28.8 Å². The largest absolute Gasteiger partial charge is 0.381 e. The molecule has 2 saturated heterocycles. The van der Waals surface area contributed by atoms with E-state index in [0.29, 0.717) is 44.6 Å². The first-order chi connectivity index (χ1) is 13.1.